The fourth-order valence-corrected chi connectivity index (χ4v) is 2.68. The normalized spacial score (nSPS) is 11.9. The first kappa shape index (κ1) is 15.9. The van der Waals surface area contributed by atoms with Crippen LogP contribution in [-0.2, 0) is 6.42 Å². The number of halogens is 1. The van der Waals surface area contributed by atoms with Crippen molar-refractivity contribution in [3.8, 4) is 12.1 Å². The zero-order valence-corrected chi connectivity index (χ0v) is 12.8. The predicted octanol–water partition coefficient (Wildman–Crippen LogP) is 3.10. The van der Waals surface area contributed by atoms with Crippen LogP contribution >= 0.6 is 11.6 Å². The van der Waals surface area contributed by atoms with Gasteiger partial charge in [0.2, 0.25) is 0 Å². The Labute approximate surface area is 133 Å². The van der Waals surface area contributed by atoms with E-state index in [2.05, 4.69) is 10.2 Å². The van der Waals surface area contributed by atoms with Crippen LogP contribution in [0.5, 0.6) is 0 Å². The molecule has 2 rings (SSSR count). The third-order valence-electron chi connectivity index (χ3n) is 3.55. The molecule has 112 valence electrons. The molecule has 1 aromatic heterocycles. The van der Waals surface area contributed by atoms with E-state index in [-0.39, 0.29) is 5.56 Å². The topological polar surface area (TPSA) is 96.2 Å². The van der Waals surface area contributed by atoms with Crippen molar-refractivity contribution in [3.05, 3.63) is 56.5 Å². The van der Waals surface area contributed by atoms with Crippen molar-refractivity contribution in [2.24, 2.45) is 5.92 Å². The summed E-state index contributed by atoms with van der Waals surface area (Å²) < 4.78 is 0. The van der Waals surface area contributed by atoms with Gasteiger partial charge in [0.25, 0.3) is 5.56 Å². The Balaban J connectivity index is 2.62. The number of nitriles is 2. The SMILES string of the molecule is CCCc1[nH][nH]c(=O)c1[C@@H](c1ccc(Cl)cc1)C(C#N)C#N. The van der Waals surface area contributed by atoms with Gasteiger partial charge in [-0.15, -0.1) is 0 Å². The third-order valence-corrected chi connectivity index (χ3v) is 3.80. The second-order valence-corrected chi connectivity index (χ2v) is 5.42. The summed E-state index contributed by atoms with van der Waals surface area (Å²) in [6.07, 6.45) is 1.51. The monoisotopic (exact) mass is 314 g/mol. The number of benzene rings is 1. The molecule has 0 spiro atoms. The fraction of sp³-hybridized carbons (Fsp3) is 0.312. The molecule has 0 aliphatic carbocycles. The molecule has 5 nitrogen and oxygen atoms in total. The molecule has 0 radical (unpaired) electrons. The highest BCUT2D eigenvalue weighted by molar-refractivity contribution is 6.30. The minimum Gasteiger partial charge on any atom is -0.302 e. The van der Waals surface area contributed by atoms with Crippen LogP contribution in [0.3, 0.4) is 0 Å². The molecule has 0 fully saturated rings. The summed E-state index contributed by atoms with van der Waals surface area (Å²) in [6.45, 7) is 2.00. The number of H-pyrrole nitrogens is 2. The summed E-state index contributed by atoms with van der Waals surface area (Å²) in [5.41, 5.74) is 1.62. The largest absolute Gasteiger partial charge is 0.302 e. The van der Waals surface area contributed by atoms with Gasteiger partial charge >= 0.3 is 0 Å². The molecular weight excluding hydrogens is 300 g/mol. The number of aromatic amines is 2. The van der Waals surface area contributed by atoms with Crippen LogP contribution in [0.2, 0.25) is 5.02 Å². The van der Waals surface area contributed by atoms with Crippen molar-refractivity contribution in [3.63, 3.8) is 0 Å². The smallest absolute Gasteiger partial charge is 0.268 e. The lowest BCUT2D eigenvalue weighted by Crippen LogP contribution is -2.20. The molecular formula is C16H15ClN4O. The zero-order chi connectivity index (χ0) is 16.1. The first-order valence-corrected chi connectivity index (χ1v) is 7.34. The van der Waals surface area contributed by atoms with Crippen LogP contribution in [0.15, 0.2) is 29.1 Å². The standard InChI is InChI=1S/C16H15ClN4O/c1-2-3-13-15(16(22)21-20-13)14(11(8-18)9-19)10-4-6-12(17)7-5-10/h4-7,11,14H,2-3H2,1H3,(H2,20,21,22)/t14-/m0/s1. The lowest BCUT2D eigenvalue weighted by molar-refractivity contribution is 0.692. The highest BCUT2D eigenvalue weighted by atomic mass is 35.5. The molecule has 0 aliphatic rings. The van der Waals surface area contributed by atoms with Crippen molar-refractivity contribution in [1.29, 1.82) is 10.5 Å². The number of nitrogens with zero attached hydrogens (tertiary/aromatic N) is 2. The molecule has 0 bridgehead atoms. The van der Waals surface area contributed by atoms with Gasteiger partial charge in [-0.1, -0.05) is 37.1 Å². The predicted molar refractivity (Wildman–Crippen MR) is 83.4 cm³/mol. The van der Waals surface area contributed by atoms with Gasteiger partial charge in [0.05, 0.1) is 12.1 Å². The molecule has 0 saturated carbocycles. The third kappa shape index (κ3) is 3.05. The maximum absolute atomic E-state index is 12.2. The van der Waals surface area contributed by atoms with Crippen LogP contribution in [0.1, 0.15) is 36.1 Å². The molecule has 0 unspecified atom stereocenters. The number of hydrogen-bond donors (Lipinski definition) is 2. The number of aryl methyl sites for hydroxylation is 1. The van der Waals surface area contributed by atoms with Crippen molar-refractivity contribution < 1.29 is 0 Å². The van der Waals surface area contributed by atoms with Gasteiger partial charge in [0, 0.05) is 22.2 Å². The minimum atomic E-state index is -0.950. The minimum absolute atomic E-state index is 0.293. The van der Waals surface area contributed by atoms with E-state index >= 15 is 0 Å². The highest BCUT2D eigenvalue weighted by Gasteiger charge is 2.30. The number of nitrogens with one attached hydrogen (secondary N) is 2. The van der Waals surface area contributed by atoms with Crippen molar-refractivity contribution in [1.82, 2.24) is 10.2 Å². The van der Waals surface area contributed by atoms with Crippen LogP contribution in [0, 0.1) is 28.6 Å². The second kappa shape index (κ2) is 6.98. The van der Waals surface area contributed by atoms with Gasteiger partial charge in [-0.05, 0) is 24.1 Å². The molecule has 0 amide bonds. The van der Waals surface area contributed by atoms with E-state index in [1.54, 1.807) is 24.3 Å². The Morgan fingerprint density at radius 3 is 2.36 bits per heavy atom. The fourth-order valence-electron chi connectivity index (χ4n) is 2.55. The molecule has 0 aliphatic heterocycles. The molecule has 6 heteroatoms. The average Bonchev–Trinajstić information content (AvgIpc) is 2.87. The van der Waals surface area contributed by atoms with Gasteiger partial charge in [-0.25, -0.2) is 0 Å². The van der Waals surface area contributed by atoms with E-state index < -0.39 is 11.8 Å². The summed E-state index contributed by atoms with van der Waals surface area (Å²) in [4.78, 5) is 12.2. The van der Waals surface area contributed by atoms with E-state index in [1.807, 2.05) is 19.1 Å². The van der Waals surface area contributed by atoms with E-state index in [1.165, 1.54) is 0 Å². The second-order valence-electron chi connectivity index (χ2n) is 4.99. The van der Waals surface area contributed by atoms with Crippen LogP contribution in [0.25, 0.3) is 0 Å². The van der Waals surface area contributed by atoms with E-state index in [0.717, 1.165) is 17.7 Å². The summed E-state index contributed by atoms with van der Waals surface area (Å²) >= 11 is 5.90. The Bertz CT molecular complexity index is 762. The summed E-state index contributed by atoms with van der Waals surface area (Å²) in [6, 6.07) is 10.9. The van der Waals surface area contributed by atoms with Gasteiger partial charge < -0.3 is 5.10 Å². The van der Waals surface area contributed by atoms with E-state index in [4.69, 9.17) is 11.6 Å². The molecule has 2 N–H and O–H groups in total. The first-order chi connectivity index (χ1) is 10.6. The van der Waals surface area contributed by atoms with Gasteiger partial charge in [0.1, 0.15) is 5.92 Å². The van der Waals surface area contributed by atoms with Crippen molar-refractivity contribution >= 4 is 11.6 Å². The molecule has 22 heavy (non-hydrogen) atoms. The lowest BCUT2D eigenvalue weighted by Gasteiger charge is -2.17. The van der Waals surface area contributed by atoms with Crippen LogP contribution in [0.4, 0.5) is 0 Å². The van der Waals surface area contributed by atoms with Crippen LogP contribution < -0.4 is 5.56 Å². The molecule has 1 heterocycles. The first-order valence-electron chi connectivity index (χ1n) is 6.96. The van der Waals surface area contributed by atoms with Crippen molar-refractivity contribution in [2.45, 2.75) is 25.7 Å². The Hall–Kier alpha value is -2.50. The number of aromatic nitrogens is 2. The highest BCUT2D eigenvalue weighted by Crippen LogP contribution is 2.32. The van der Waals surface area contributed by atoms with Crippen LogP contribution in [-0.4, -0.2) is 10.2 Å². The van der Waals surface area contributed by atoms with E-state index in [9.17, 15) is 15.3 Å². The van der Waals surface area contributed by atoms with Gasteiger partial charge in [-0.3, -0.25) is 9.89 Å². The number of hydrogen-bond acceptors (Lipinski definition) is 3. The summed E-state index contributed by atoms with van der Waals surface area (Å²) in [7, 11) is 0. The molecule has 1 atom stereocenters. The van der Waals surface area contributed by atoms with Gasteiger partial charge in [0.15, 0.2) is 0 Å². The quantitative estimate of drug-likeness (QED) is 0.887. The lowest BCUT2D eigenvalue weighted by atomic mass is 9.81. The van der Waals surface area contributed by atoms with E-state index in [0.29, 0.717) is 17.0 Å². The summed E-state index contributed by atoms with van der Waals surface area (Å²) in [5, 5.41) is 24.6. The summed E-state index contributed by atoms with van der Waals surface area (Å²) in [5.74, 6) is -1.56. The Morgan fingerprint density at radius 1 is 1.18 bits per heavy atom. The van der Waals surface area contributed by atoms with Crippen molar-refractivity contribution in [2.75, 3.05) is 0 Å². The molecule has 1 aromatic carbocycles. The number of rotatable bonds is 5. The molecule has 0 saturated heterocycles. The average molecular weight is 315 g/mol. The maximum atomic E-state index is 12.2. The Kier molecular flexibility index (Phi) is 5.04. The maximum Gasteiger partial charge on any atom is 0.268 e. The van der Waals surface area contributed by atoms with Gasteiger partial charge in [-0.2, -0.15) is 10.5 Å². The molecule has 2 aromatic rings. The Morgan fingerprint density at radius 2 is 1.82 bits per heavy atom. The zero-order valence-electron chi connectivity index (χ0n) is 12.1.